The SMILES string of the molecule is Cc1c(NCCCN)cc(C(=O)O)cc1[N+](=O)[O-]. The summed E-state index contributed by atoms with van der Waals surface area (Å²) in [5.74, 6) is -1.19. The largest absolute Gasteiger partial charge is 0.478 e. The van der Waals surface area contributed by atoms with Crippen LogP contribution in [-0.4, -0.2) is 29.1 Å². The molecule has 0 heterocycles. The number of nitro benzene ring substituents is 1. The lowest BCUT2D eigenvalue weighted by Crippen LogP contribution is -2.11. The summed E-state index contributed by atoms with van der Waals surface area (Å²) in [6.07, 6.45) is 0.699. The van der Waals surface area contributed by atoms with Crippen molar-refractivity contribution < 1.29 is 14.8 Å². The van der Waals surface area contributed by atoms with Crippen LogP contribution in [0.5, 0.6) is 0 Å². The van der Waals surface area contributed by atoms with E-state index in [2.05, 4.69) is 5.32 Å². The zero-order valence-corrected chi connectivity index (χ0v) is 9.97. The van der Waals surface area contributed by atoms with Crippen LogP contribution in [0, 0.1) is 17.0 Å². The van der Waals surface area contributed by atoms with E-state index >= 15 is 0 Å². The third-order valence-corrected chi connectivity index (χ3v) is 2.52. The van der Waals surface area contributed by atoms with Crippen LogP contribution in [0.25, 0.3) is 0 Å². The Hall–Kier alpha value is -2.15. The molecule has 0 radical (unpaired) electrons. The molecule has 0 unspecified atom stereocenters. The van der Waals surface area contributed by atoms with Gasteiger partial charge in [0.2, 0.25) is 0 Å². The lowest BCUT2D eigenvalue weighted by Gasteiger charge is -2.10. The zero-order chi connectivity index (χ0) is 13.7. The first-order chi connectivity index (χ1) is 8.47. The predicted molar refractivity (Wildman–Crippen MR) is 67.0 cm³/mol. The summed E-state index contributed by atoms with van der Waals surface area (Å²) in [5, 5.41) is 22.7. The molecule has 0 atom stereocenters. The van der Waals surface area contributed by atoms with Crippen LogP contribution in [0.3, 0.4) is 0 Å². The van der Waals surface area contributed by atoms with E-state index in [1.807, 2.05) is 0 Å². The number of benzene rings is 1. The number of carbonyl (C=O) groups is 1. The van der Waals surface area contributed by atoms with Crippen molar-refractivity contribution >= 4 is 17.3 Å². The van der Waals surface area contributed by atoms with Gasteiger partial charge in [-0.25, -0.2) is 4.79 Å². The molecule has 18 heavy (non-hydrogen) atoms. The van der Waals surface area contributed by atoms with Crippen LogP contribution in [0.2, 0.25) is 0 Å². The highest BCUT2D eigenvalue weighted by molar-refractivity contribution is 5.90. The summed E-state index contributed by atoms with van der Waals surface area (Å²) < 4.78 is 0. The van der Waals surface area contributed by atoms with E-state index in [0.717, 1.165) is 6.07 Å². The summed E-state index contributed by atoms with van der Waals surface area (Å²) in [5.41, 5.74) is 5.90. The predicted octanol–water partition coefficient (Wildman–Crippen LogP) is 1.36. The third kappa shape index (κ3) is 3.17. The molecule has 7 heteroatoms. The van der Waals surface area contributed by atoms with Crippen molar-refractivity contribution in [2.45, 2.75) is 13.3 Å². The van der Waals surface area contributed by atoms with Gasteiger partial charge in [-0.05, 0) is 26.0 Å². The molecule has 0 fully saturated rings. The molecular weight excluding hydrogens is 238 g/mol. The Morgan fingerprint density at radius 3 is 2.72 bits per heavy atom. The fourth-order valence-corrected chi connectivity index (χ4v) is 1.52. The van der Waals surface area contributed by atoms with Crippen molar-refractivity contribution in [2.75, 3.05) is 18.4 Å². The molecule has 0 aliphatic heterocycles. The first-order valence-corrected chi connectivity index (χ1v) is 5.43. The number of nitro groups is 1. The number of hydrogen-bond acceptors (Lipinski definition) is 5. The van der Waals surface area contributed by atoms with Crippen molar-refractivity contribution in [1.82, 2.24) is 0 Å². The lowest BCUT2D eigenvalue weighted by molar-refractivity contribution is -0.385. The number of carboxylic acids is 1. The second-order valence-electron chi connectivity index (χ2n) is 3.80. The highest BCUT2D eigenvalue weighted by Crippen LogP contribution is 2.27. The van der Waals surface area contributed by atoms with Crippen molar-refractivity contribution in [2.24, 2.45) is 5.73 Å². The highest BCUT2D eigenvalue weighted by atomic mass is 16.6. The fraction of sp³-hybridized carbons (Fsp3) is 0.364. The van der Waals surface area contributed by atoms with Crippen LogP contribution >= 0.6 is 0 Å². The van der Waals surface area contributed by atoms with Gasteiger partial charge in [0.15, 0.2) is 0 Å². The molecule has 0 aliphatic carbocycles. The summed E-state index contributed by atoms with van der Waals surface area (Å²) in [6, 6.07) is 2.45. The first-order valence-electron chi connectivity index (χ1n) is 5.43. The normalized spacial score (nSPS) is 10.1. The molecule has 0 bridgehead atoms. The molecule has 0 aliphatic rings. The van der Waals surface area contributed by atoms with Crippen molar-refractivity contribution in [3.8, 4) is 0 Å². The number of nitrogens with zero attached hydrogens (tertiary/aromatic N) is 1. The van der Waals surface area contributed by atoms with Crippen molar-refractivity contribution in [3.05, 3.63) is 33.4 Å². The minimum absolute atomic E-state index is 0.109. The van der Waals surface area contributed by atoms with Gasteiger partial charge in [0.05, 0.1) is 10.5 Å². The van der Waals surface area contributed by atoms with Gasteiger partial charge in [-0.3, -0.25) is 10.1 Å². The maximum Gasteiger partial charge on any atom is 0.336 e. The van der Waals surface area contributed by atoms with E-state index < -0.39 is 10.9 Å². The topological polar surface area (TPSA) is 118 Å². The first kappa shape index (κ1) is 13.9. The maximum absolute atomic E-state index is 10.9. The number of aromatic carboxylic acids is 1. The Morgan fingerprint density at radius 2 is 2.22 bits per heavy atom. The van der Waals surface area contributed by atoms with Crippen molar-refractivity contribution in [1.29, 1.82) is 0 Å². The Labute approximate surface area is 104 Å². The maximum atomic E-state index is 10.9. The quantitative estimate of drug-likeness (QED) is 0.400. The third-order valence-electron chi connectivity index (χ3n) is 2.52. The van der Waals surface area contributed by atoms with Gasteiger partial charge >= 0.3 is 5.97 Å². The van der Waals surface area contributed by atoms with Gasteiger partial charge in [-0.2, -0.15) is 0 Å². The Kier molecular flexibility index (Phi) is 4.61. The molecule has 0 spiro atoms. The number of rotatable bonds is 6. The second-order valence-corrected chi connectivity index (χ2v) is 3.80. The smallest absolute Gasteiger partial charge is 0.336 e. The molecule has 98 valence electrons. The van der Waals surface area contributed by atoms with Crippen LogP contribution in [0.15, 0.2) is 12.1 Å². The van der Waals surface area contributed by atoms with Gasteiger partial charge in [0.25, 0.3) is 5.69 Å². The number of nitrogens with two attached hydrogens (primary N) is 1. The molecular formula is C11H15N3O4. The lowest BCUT2D eigenvalue weighted by atomic mass is 10.1. The van der Waals surface area contributed by atoms with E-state index in [0.29, 0.717) is 30.8 Å². The Bertz CT molecular complexity index is 474. The van der Waals surface area contributed by atoms with Crippen molar-refractivity contribution in [3.63, 3.8) is 0 Å². The standard InChI is InChI=1S/C11H15N3O4/c1-7-9(13-4-2-3-12)5-8(11(15)16)6-10(7)14(17)18/h5-6,13H,2-4,12H2,1H3,(H,15,16). The fourth-order valence-electron chi connectivity index (χ4n) is 1.52. The van der Waals surface area contributed by atoms with Gasteiger partial charge in [0.1, 0.15) is 0 Å². The minimum Gasteiger partial charge on any atom is -0.478 e. The van der Waals surface area contributed by atoms with Gasteiger partial charge in [0, 0.05) is 23.9 Å². The van der Waals surface area contributed by atoms with Crippen LogP contribution < -0.4 is 11.1 Å². The van der Waals surface area contributed by atoms with Gasteiger partial charge in [-0.1, -0.05) is 0 Å². The molecule has 1 rings (SSSR count). The van der Waals surface area contributed by atoms with E-state index in [-0.39, 0.29) is 11.3 Å². The van der Waals surface area contributed by atoms with E-state index in [1.165, 1.54) is 6.07 Å². The monoisotopic (exact) mass is 253 g/mol. The molecule has 0 aromatic heterocycles. The zero-order valence-electron chi connectivity index (χ0n) is 9.97. The van der Waals surface area contributed by atoms with Gasteiger partial charge < -0.3 is 16.2 Å². The van der Waals surface area contributed by atoms with E-state index in [4.69, 9.17) is 10.8 Å². The van der Waals surface area contributed by atoms with E-state index in [1.54, 1.807) is 6.92 Å². The average molecular weight is 253 g/mol. The second kappa shape index (κ2) is 5.97. The summed E-state index contributed by atoms with van der Waals surface area (Å²) in [7, 11) is 0. The van der Waals surface area contributed by atoms with Crippen LogP contribution in [0.1, 0.15) is 22.3 Å². The molecule has 0 saturated carbocycles. The Morgan fingerprint density at radius 1 is 1.56 bits per heavy atom. The van der Waals surface area contributed by atoms with Crippen LogP contribution in [0.4, 0.5) is 11.4 Å². The summed E-state index contributed by atoms with van der Waals surface area (Å²) in [4.78, 5) is 21.2. The van der Waals surface area contributed by atoms with E-state index in [9.17, 15) is 14.9 Å². The average Bonchev–Trinajstić information content (AvgIpc) is 2.30. The highest BCUT2D eigenvalue weighted by Gasteiger charge is 2.18. The van der Waals surface area contributed by atoms with Crippen LogP contribution in [-0.2, 0) is 0 Å². The number of anilines is 1. The molecule has 0 amide bonds. The Balaban J connectivity index is 3.14. The van der Waals surface area contributed by atoms with Gasteiger partial charge in [-0.15, -0.1) is 0 Å². The minimum atomic E-state index is -1.19. The summed E-state index contributed by atoms with van der Waals surface area (Å²) >= 11 is 0. The molecule has 0 saturated heterocycles. The molecule has 1 aromatic rings. The number of hydrogen-bond donors (Lipinski definition) is 3. The molecule has 7 nitrogen and oxygen atoms in total. The number of carboxylic acid groups (broad SMARTS) is 1. The molecule has 4 N–H and O–H groups in total. The summed E-state index contributed by atoms with van der Waals surface area (Å²) in [6.45, 7) is 2.61. The number of nitrogens with one attached hydrogen (secondary N) is 1. The molecule has 1 aromatic carbocycles.